The van der Waals surface area contributed by atoms with Crippen molar-refractivity contribution in [1.82, 2.24) is 9.97 Å². The van der Waals surface area contributed by atoms with Crippen molar-refractivity contribution in [1.29, 1.82) is 0 Å². The van der Waals surface area contributed by atoms with Crippen LogP contribution in [0.25, 0.3) is 11.0 Å². The number of pyridine rings is 1. The summed E-state index contributed by atoms with van der Waals surface area (Å²) in [7, 11) is -4.11. The molecule has 2 aromatic heterocycles. The van der Waals surface area contributed by atoms with E-state index in [4.69, 9.17) is 5.14 Å². The summed E-state index contributed by atoms with van der Waals surface area (Å²) < 4.78 is 53.4. The van der Waals surface area contributed by atoms with E-state index in [-0.39, 0.29) is 23.5 Å². The van der Waals surface area contributed by atoms with Gasteiger partial charge >= 0.3 is 0 Å². The van der Waals surface area contributed by atoms with E-state index in [1.54, 1.807) is 12.3 Å². The number of sulfonamides is 1. The molecule has 3 rings (SSSR count). The maximum atomic E-state index is 15.2. The van der Waals surface area contributed by atoms with Crippen LogP contribution < -0.4 is 5.14 Å². The van der Waals surface area contributed by atoms with Crippen molar-refractivity contribution in [3.63, 3.8) is 0 Å². The number of nitrogens with zero attached hydrogens (tertiary/aromatic N) is 1. The Labute approximate surface area is 167 Å². The Kier molecular flexibility index (Phi) is 5.75. The van der Waals surface area contributed by atoms with Crippen LogP contribution in [-0.4, -0.2) is 23.5 Å². The topological polar surface area (TPSA) is 109 Å². The molecule has 9 heteroatoms. The number of aliphatic hydroxyl groups excluding tert-OH is 1. The van der Waals surface area contributed by atoms with Crippen LogP contribution in [0.2, 0.25) is 0 Å². The van der Waals surface area contributed by atoms with Crippen LogP contribution in [-0.2, 0) is 10.0 Å². The second-order valence-corrected chi connectivity index (χ2v) is 9.06. The molecule has 3 aromatic rings. The molecule has 0 amide bonds. The number of benzene rings is 1. The second kappa shape index (κ2) is 7.81. The Balaban J connectivity index is 2.17. The van der Waals surface area contributed by atoms with Crippen LogP contribution in [0, 0.1) is 11.6 Å². The van der Waals surface area contributed by atoms with Gasteiger partial charge in [-0.3, -0.25) is 0 Å². The first-order valence-corrected chi connectivity index (χ1v) is 10.8. The molecule has 0 radical (unpaired) electrons. The van der Waals surface area contributed by atoms with Crippen LogP contribution in [0.1, 0.15) is 66.7 Å². The van der Waals surface area contributed by atoms with E-state index in [1.165, 1.54) is 13.1 Å². The van der Waals surface area contributed by atoms with Crippen LogP contribution >= 0.6 is 0 Å². The summed E-state index contributed by atoms with van der Waals surface area (Å²) in [4.78, 5) is 7.17. The summed E-state index contributed by atoms with van der Waals surface area (Å²) in [5.74, 6) is -1.94. The minimum absolute atomic E-state index is 0.00563. The molecule has 6 nitrogen and oxygen atoms in total. The van der Waals surface area contributed by atoms with Crippen molar-refractivity contribution in [2.45, 2.75) is 44.5 Å². The van der Waals surface area contributed by atoms with E-state index < -0.39 is 38.6 Å². The minimum Gasteiger partial charge on any atom is -0.383 e. The van der Waals surface area contributed by atoms with Gasteiger partial charge in [0.25, 0.3) is 0 Å². The molecule has 0 aliphatic carbocycles. The summed E-state index contributed by atoms with van der Waals surface area (Å²) in [6, 6.07) is 3.80. The Morgan fingerprint density at radius 3 is 2.52 bits per heavy atom. The molecule has 0 aliphatic heterocycles. The molecular formula is C20H23F2N3O3S. The van der Waals surface area contributed by atoms with Crippen LogP contribution in [0.3, 0.4) is 0 Å². The van der Waals surface area contributed by atoms with E-state index >= 15 is 4.39 Å². The van der Waals surface area contributed by atoms with E-state index in [2.05, 4.69) is 9.97 Å². The third-order valence-corrected chi connectivity index (χ3v) is 6.47. The molecule has 2 atom stereocenters. The quantitative estimate of drug-likeness (QED) is 0.560. The molecule has 4 N–H and O–H groups in total. The molecule has 156 valence electrons. The molecule has 2 unspecified atom stereocenters. The normalized spacial score (nSPS) is 14.5. The van der Waals surface area contributed by atoms with Gasteiger partial charge in [-0.25, -0.2) is 27.3 Å². The molecule has 0 aliphatic rings. The van der Waals surface area contributed by atoms with E-state index in [0.29, 0.717) is 11.0 Å². The van der Waals surface area contributed by atoms with Gasteiger partial charge in [-0.1, -0.05) is 26.8 Å². The second-order valence-electron chi connectivity index (χ2n) is 7.32. The largest absolute Gasteiger partial charge is 0.383 e. The highest BCUT2D eigenvalue weighted by atomic mass is 32.2. The Hall–Kier alpha value is -2.36. The van der Waals surface area contributed by atoms with Gasteiger partial charge in [0, 0.05) is 28.9 Å². The lowest BCUT2D eigenvalue weighted by atomic mass is 9.95. The lowest BCUT2D eigenvalue weighted by molar-refractivity contribution is 0.210. The monoisotopic (exact) mass is 423 g/mol. The summed E-state index contributed by atoms with van der Waals surface area (Å²) in [6.07, 6.45) is 1.48. The van der Waals surface area contributed by atoms with Crippen LogP contribution in [0.15, 0.2) is 30.6 Å². The highest BCUT2D eigenvalue weighted by Crippen LogP contribution is 2.36. The number of halogens is 2. The average molecular weight is 423 g/mol. The summed E-state index contributed by atoms with van der Waals surface area (Å²) in [5, 5.41) is 15.2. The predicted octanol–water partition coefficient (Wildman–Crippen LogP) is 3.79. The number of nitrogens with one attached hydrogen (secondary N) is 1. The average Bonchev–Trinajstić information content (AvgIpc) is 3.06. The van der Waals surface area contributed by atoms with Crippen molar-refractivity contribution in [3.05, 3.63) is 64.5 Å². The highest BCUT2D eigenvalue weighted by Gasteiger charge is 2.30. The highest BCUT2D eigenvalue weighted by molar-refractivity contribution is 7.89. The molecule has 29 heavy (non-hydrogen) atoms. The molecule has 0 bridgehead atoms. The van der Waals surface area contributed by atoms with Crippen molar-refractivity contribution >= 4 is 21.1 Å². The number of aromatic nitrogens is 2. The fraction of sp³-hybridized carbons (Fsp3) is 0.350. The summed E-state index contributed by atoms with van der Waals surface area (Å²) >= 11 is 0. The first-order valence-electron chi connectivity index (χ1n) is 9.20. The van der Waals surface area contributed by atoms with Gasteiger partial charge in [0.05, 0.1) is 5.56 Å². The number of aromatic amines is 1. The fourth-order valence-electron chi connectivity index (χ4n) is 3.45. The first kappa shape index (κ1) is 21.4. The van der Waals surface area contributed by atoms with Gasteiger partial charge in [-0.15, -0.1) is 0 Å². The van der Waals surface area contributed by atoms with E-state index in [1.807, 2.05) is 13.8 Å². The maximum absolute atomic E-state index is 15.2. The number of aliphatic hydroxyl groups is 1. The van der Waals surface area contributed by atoms with E-state index in [9.17, 15) is 17.9 Å². The third-order valence-electron chi connectivity index (χ3n) is 5.09. The molecule has 0 saturated carbocycles. The predicted molar refractivity (Wildman–Crippen MR) is 107 cm³/mol. The van der Waals surface area contributed by atoms with Gasteiger partial charge in [-0.05, 0) is 30.0 Å². The maximum Gasteiger partial charge on any atom is 0.216 e. The minimum atomic E-state index is -4.11. The lowest BCUT2D eigenvalue weighted by Gasteiger charge is -2.19. The number of hydrogen-bond acceptors (Lipinski definition) is 4. The SMILES string of the molecule is CCC(c1ccc(F)c(C(O)c2c[nH]c3ncc(C(C)C)cc23)c1F)S(N)(=O)=O. The van der Waals surface area contributed by atoms with Crippen molar-refractivity contribution in [2.24, 2.45) is 5.14 Å². The number of hydrogen-bond donors (Lipinski definition) is 3. The van der Waals surface area contributed by atoms with Crippen molar-refractivity contribution in [3.8, 4) is 0 Å². The molecule has 0 fully saturated rings. The zero-order valence-electron chi connectivity index (χ0n) is 16.3. The number of primary sulfonamides is 1. The molecule has 2 heterocycles. The number of rotatable bonds is 6. The Bertz CT molecular complexity index is 1160. The summed E-state index contributed by atoms with van der Waals surface area (Å²) in [6.45, 7) is 5.49. The summed E-state index contributed by atoms with van der Waals surface area (Å²) in [5.41, 5.74) is 0.720. The third kappa shape index (κ3) is 3.90. The zero-order valence-corrected chi connectivity index (χ0v) is 17.1. The van der Waals surface area contributed by atoms with Gasteiger partial charge < -0.3 is 10.1 Å². The molecule has 0 saturated heterocycles. The van der Waals surface area contributed by atoms with Crippen LogP contribution in [0.4, 0.5) is 8.78 Å². The Morgan fingerprint density at radius 2 is 1.93 bits per heavy atom. The molecular weight excluding hydrogens is 400 g/mol. The lowest BCUT2D eigenvalue weighted by Crippen LogP contribution is -2.23. The van der Waals surface area contributed by atoms with Gasteiger partial charge in [0.15, 0.2) is 0 Å². The van der Waals surface area contributed by atoms with Gasteiger partial charge in [0.2, 0.25) is 10.0 Å². The van der Waals surface area contributed by atoms with Crippen molar-refractivity contribution < 1.29 is 22.3 Å². The van der Waals surface area contributed by atoms with Crippen molar-refractivity contribution in [2.75, 3.05) is 0 Å². The standard InChI is InChI=1S/C20H23F2N3O3S/c1-4-16(29(23,27)28)12-5-6-15(21)17(18(12)22)19(26)14-9-25-20-13(14)7-11(8-24-20)10(2)3/h5-10,16,19,26H,4H2,1-3H3,(H,24,25)(H2,23,27,28). The Morgan fingerprint density at radius 1 is 1.24 bits per heavy atom. The molecule has 1 aromatic carbocycles. The smallest absolute Gasteiger partial charge is 0.216 e. The van der Waals surface area contributed by atoms with Gasteiger partial charge in [-0.2, -0.15) is 0 Å². The van der Waals surface area contributed by atoms with Gasteiger partial charge in [0.1, 0.15) is 28.6 Å². The zero-order chi connectivity index (χ0) is 21.5. The van der Waals surface area contributed by atoms with Crippen LogP contribution in [0.5, 0.6) is 0 Å². The number of nitrogens with two attached hydrogens (primary N) is 1. The molecule has 0 spiro atoms. The van der Waals surface area contributed by atoms with E-state index in [0.717, 1.165) is 17.7 Å². The number of H-pyrrole nitrogens is 1. The first-order chi connectivity index (χ1) is 13.6. The fourth-order valence-corrected chi connectivity index (χ4v) is 4.45. The number of fused-ring (bicyclic) bond motifs is 1.